The fourth-order valence-corrected chi connectivity index (χ4v) is 5.26. The first kappa shape index (κ1) is 20.1. The maximum Gasteiger partial charge on any atom is 0.243 e. The Morgan fingerprint density at radius 1 is 1.26 bits per heavy atom. The van der Waals surface area contributed by atoms with Gasteiger partial charge in [0, 0.05) is 26.2 Å². The quantitative estimate of drug-likeness (QED) is 0.757. The Kier molecular flexibility index (Phi) is 6.39. The molecule has 2 aliphatic rings. The third-order valence-electron chi connectivity index (χ3n) is 5.14. The van der Waals surface area contributed by atoms with Crippen molar-refractivity contribution in [1.82, 2.24) is 9.21 Å². The number of morpholine rings is 1. The molecular weight excluding hydrogens is 368 g/mol. The fraction of sp³-hybridized carbons (Fsp3) is 0.632. The van der Waals surface area contributed by atoms with Crippen LogP contribution in [-0.2, 0) is 19.6 Å². The number of amides is 1. The summed E-state index contributed by atoms with van der Waals surface area (Å²) >= 11 is 0. The van der Waals surface area contributed by atoms with E-state index in [2.05, 4.69) is 0 Å². The van der Waals surface area contributed by atoms with Gasteiger partial charge in [-0.05, 0) is 50.5 Å². The second-order valence-electron chi connectivity index (χ2n) is 7.00. The van der Waals surface area contributed by atoms with Crippen LogP contribution in [0.15, 0.2) is 23.1 Å². The zero-order chi connectivity index (χ0) is 19.4. The fourth-order valence-electron chi connectivity index (χ4n) is 3.65. The van der Waals surface area contributed by atoms with Gasteiger partial charge in [0.15, 0.2) is 0 Å². The molecule has 0 aromatic heterocycles. The number of hydrogen-bond acceptors (Lipinski definition) is 5. The van der Waals surface area contributed by atoms with Crippen molar-refractivity contribution in [2.75, 3.05) is 46.0 Å². The molecule has 3 rings (SSSR count). The van der Waals surface area contributed by atoms with Crippen LogP contribution in [-0.4, -0.2) is 69.5 Å². The summed E-state index contributed by atoms with van der Waals surface area (Å²) in [7, 11) is -3.63. The van der Waals surface area contributed by atoms with E-state index in [1.165, 1.54) is 4.31 Å². The Balaban J connectivity index is 1.74. The molecule has 0 unspecified atom stereocenters. The summed E-state index contributed by atoms with van der Waals surface area (Å²) in [6, 6.07) is 4.93. The molecule has 1 aromatic rings. The van der Waals surface area contributed by atoms with Gasteiger partial charge in [0.05, 0.1) is 30.6 Å². The predicted octanol–water partition coefficient (Wildman–Crippen LogP) is 1.65. The van der Waals surface area contributed by atoms with E-state index in [1.807, 2.05) is 13.8 Å². The molecular formula is C19H28N2O5S. The van der Waals surface area contributed by atoms with Crippen molar-refractivity contribution in [3.8, 4) is 5.75 Å². The molecule has 0 bridgehead atoms. The summed E-state index contributed by atoms with van der Waals surface area (Å²) in [4.78, 5) is 14.8. The summed E-state index contributed by atoms with van der Waals surface area (Å²) < 4.78 is 38.4. The summed E-state index contributed by atoms with van der Waals surface area (Å²) in [5, 5.41) is 0. The minimum Gasteiger partial charge on any atom is -0.494 e. The highest BCUT2D eigenvalue weighted by molar-refractivity contribution is 7.89. The summed E-state index contributed by atoms with van der Waals surface area (Å²) in [6.07, 6.45) is 1.42. The Bertz CT molecular complexity index is 774. The van der Waals surface area contributed by atoms with Crippen molar-refractivity contribution >= 4 is 15.9 Å². The predicted molar refractivity (Wildman–Crippen MR) is 101 cm³/mol. The first-order valence-electron chi connectivity index (χ1n) is 9.53. The number of aryl methyl sites for hydroxylation is 1. The highest BCUT2D eigenvalue weighted by atomic mass is 32.2. The molecule has 2 fully saturated rings. The van der Waals surface area contributed by atoms with Gasteiger partial charge >= 0.3 is 0 Å². The van der Waals surface area contributed by atoms with E-state index >= 15 is 0 Å². The van der Waals surface area contributed by atoms with Crippen molar-refractivity contribution in [2.24, 2.45) is 5.92 Å². The lowest BCUT2D eigenvalue weighted by atomic mass is 9.98. The lowest BCUT2D eigenvalue weighted by molar-refractivity contribution is -0.140. The van der Waals surface area contributed by atoms with E-state index in [1.54, 1.807) is 23.1 Å². The SMILES string of the molecule is CCOc1ccc(S(=O)(=O)N2CCC[C@@H](C(=O)N3CCOCC3)C2)cc1C. The van der Waals surface area contributed by atoms with E-state index in [0.717, 1.165) is 12.0 Å². The molecule has 0 N–H and O–H groups in total. The molecule has 7 nitrogen and oxygen atoms in total. The average Bonchev–Trinajstić information content (AvgIpc) is 2.70. The number of rotatable bonds is 5. The van der Waals surface area contributed by atoms with Crippen LogP contribution in [0.2, 0.25) is 0 Å². The van der Waals surface area contributed by atoms with Crippen LogP contribution in [0, 0.1) is 12.8 Å². The molecule has 0 saturated carbocycles. The molecule has 1 amide bonds. The summed E-state index contributed by atoms with van der Waals surface area (Å²) in [6.45, 7) is 7.21. The first-order chi connectivity index (χ1) is 12.9. The van der Waals surface area contributed by atoms with E-state index in [0.29, 0.717) is 51.6 Å². The average molecular weight is 397 g/mol. The first-order valence-corrected chi connectivity index (χ1v) is 11.0. The Hall–Kier alpha value is -1.64. The molecule has 0 aliphatic carbocycles. The van der Waals surface area contributed by atoms with Crippen molar-refractivity contribution in [1.29, 1.82) is 0 Å². The van der Waals surface area contributed by atoms with Crippen LogP contribution < -0.4 is 4.74 Å². The second-order valence-corrected chi connectivity index (χ2v) is 8.94. The molecule has 8 heteroatoms. The molecule has 0 radical (unpaired) electrons. The van der Waals surface area contributed by atoms with Crippen LogP contribution >= 0.6 is 0 Å². The number of benzene rings is 1. The maximum atomic E-state index is 13.1. The zero-order valence-corrected chi connectivity index (χ0v) is 16.8. The van der Waals surface area contributed by atoms with Gasteiger partial charge < -0.3 is 14.4 Å². The number of ether oxygens (including phenoxy) is 2. The van der Waals surface area contributed by atoms with Crippen LogP contribution in [0.4, 0.5) is 0 Å². The minimum absolute atomic E-state index is 0.0427. The Labute approximate surface area is 161 Å². The van der Waals surface area contributed by atoms with Crippen LogP contribution in [0.3, 0.4) is 0 Å². The monoisotopic (exact) mass is 396 g/mol. The van der Waals surface area contributed by atoms with Gasteiger partial charge in [0.1, 0.15) is 5.75 Å². The van der Waals surface area contributed by atoms with Crippen LogP contribution in [0.25, 0.3) is 0 Å². The van der Waals surface area contributed by atoms with Crippen molar-refractivity contribution in [3.63, 3.8) is 0 Å². The number of nitrogens with zero attached hydrogens (tertiary/aromatic N) is 2. The highest BCUT2D eigenvalue weighted by Gasteiger charge is 2.35. The Morgan fingerprint density at radius 2 is 2.00 bits per heavy atom. The smallest absolute Gasteiger partial charge is 0.243 e. The topological polar surface area (TPSA) is 76.2 Å². The van der Waals surface area contributed by atoms with Gasteiger partial charge in [-0.2, -0.15) is 4.31 Å². The van der Waals surface area contributed by atoms with Crippen LogP contribution in [0.1, 0.15) is 25.3 Å². The normalized spacial score (nSPS) is 21.9. The van der Waals surface area contributed by atoms with Crippen LogP contribution in [0.5, 0.6) is 5.75 Å². The molecule has 2 aliphatic heterocycles. The largest absolute Gasteiger partial charge is 0.494 e. The highest BCUT2D eigenvalue weighted by Crippen LogP contribution is 2.28. The number of piperidine rings is 1. The third kappa shape index (κ3) is 4.44. The maximum absolute atomic E-state index is 13.1. The standard InChI is InChI=1S/C19H28N2O5S/c1-3-26-18-7-6-17(13-15(18)2)27(23,24)21-8-4-5-16(14-21)19(22)20-9-11-25-12-10-20/h6-7,13,16H,3-5,8-12,14H2,1-2H3/t16-/m1/s1. The van der Waals surface area contributed by atoms with E-state index in [-0.39, 0.29) is 23.3 Å². The van der Waals surface area contributed by atoms with Crippen molar-refractivity contribution < 1.29 is 22.7 Å². The van der Waals surface area contributed by atoms with Gasteiger partial charge in [0.2, 0.25) is 15.9 Å². The lowest BCUT2D eigenvalue weighted by Crippen LogP contribution is -2.49. The summed E-state index contributed by atoms with van der Waals surface area (Å²) in [5.74, 6) is 0.451. The van der Waals surface area contributed by atoms with Gasteiger partial charge in [-0.1, -0.05) is 0 Å². The zero-order valence-electron chi connectivity index (χ0n) is 16.0. The molecule has 1 aromatic carbocycles. The molecule has 2 heterocycles. The van der Waals surface area contributed by atoms with Crippen molar-refractivity contribution in [3.05, 3.63) is 23.8 Å². The molecule has 27 heavy (non-hydrogen) atoms. The molecule has 150 valence electrons. The van der Waals surface area contributed by atoms with Gasteiger partial charge in [-0.3, -0.25) is 4.79 Å². The minimum atomic E-state index is -3.63. The van der Waals surface area contributed by atoms with E-state index < -0.39 is 10.0 Å². The summed E-state index contributed by atoms with van der Waals surface area (Å²) in [5.41, 5.74) is 0.788. The molecule has 2 saturated heterocycles. The number of sulfonamides is 1. The third-order valence-corrected chi connectivity index (χ3v) is 7.00. The van der Waals surface area contributed by atoms with Crippen molar-refractivity contribution in [2.45, 2.75) is 31.6 Å². The molecule has 0 spiro atoms. The number of hydrogen-bond donors (Lipinski definition) is 0. The number of carbonyl (C=O) groups is 1. The van der Waals surface area contributed by atoms with E-state index in [4.69, 9.17) is 9.47 Å². The molecule has 1 atom stereocenters. The van der Waals surface area contributed by atoms with E-state index in [9.17, 15) is 13.2 Å². The number of carbonyl (C=O) groups excluding carboxylic acids is 1. The van der Waals surface area contributed by atoms with Gasteiger partial charge in [0.25, 0.3) is 0 Å². The Morgan fingerprint density at radius 3 is 2.67 bits per heavy atom. The van der Waals surface area contributed by atoms with Gasteiger partial charge in [-0.15, -0.1) is 0 Å². The van der Waals surface area contributed by atoms with Gasteiger partial charge in [-0.25, -0.2) is 8.42 Å². The lowest BCUT2D eigenvalue weighted by Gasteiger charge is -2.35. The second kappa shape index (κ2) is 8.58.